The highest BCUT2D eigenvalue weighted by molar-refractivity contribution is 8.02. The lowest BCUT2D eigenvalue weighted by molar-refractivity contribution is -0.140. The molecule has 5 atom stereocenters. The van der Waals surface area contributed by atoms with Crippen molar-refractivity contribution in [2.75, 3.05) is 18.5 Å². The normalized spacial score (nSPS) is 28.6. The summed E-state index contributed by atoms with van der Waals surface area (Å²) in [6, 6.07) is 15.1. The monoisotopic (exact) mass is 563 g/mol. The van der Waals surface area contributed by atoms with Crippen LogP contribution in [0.1, 0.15) is 62.1 Å². The third kappa shape index (κ3) is 5.16. The number of anilines is 1. The van der Waals surface area contributed by atoms with Gasteiger partial charge in [0, 0.05) is 30.1 Å². The highest BCUT2D eigenvalue weighted by atomic mass is 32.2. The number of aryl methyl sites for hydroxylation is 2. The predicted octanol–water partition coefficient (Wildman–Crippen LogP) is 4.59. The van der Waals surface area contributed by atoms with Gasteiger partial charge in [0.1, 0.15) is 6.04 Å². The Labute approximate surface area is 241 Å². The molecular formula is C32H41N3O4S. The van der Waals surface area contributed by atoms with Gasteiger partial charge in [0.25, 0.3) is 0 Å². The number of nitrogens with zero attached hydrogens (tertiary/aromatic N) is 1. The molecule has 3 N–H and O–H groups in total. The van der Waals surface area contributed by atoms with Crippen molar-refractivity contribution in [2.45, 2.75) is 81.4 Å². The van der Waals surface area contributed by atoms with Gasteiger partial charge in [0.15, 0.2) is 0 Å². The molecule has 3 aliphatic rings. The SMILES string of the molecule is Cc1ccc(C)c(NC(=O)C2N(CCCCCCO)C(=O)[C@@H]3[C@H](C(=O)NCc4ccccc4)[C@]4(C)CCC23S4)c1. The van der Waals surface area contributed by atoms with Gasteiger partial charge in [-0.15, -0.1) is 11.8 Å². The summed E-state index contributed by atoms with van der Waals surface area (Å²) in [6.07, 6.45) is 4.77. The number of rotatable bonds is 11. The molecule has 214 valence electrons. The van der Waals surface area contributed by atoms with Crippen LogP contribution in [0.3, 0.4) is 0 Å². The molecule has 2 aromatic rings. The number of amides is 3. The van der Waals surface area contributed by atoms with Crippen LogP contribution in [0, 0.1) is 25.7 Å². The van der Waals surface area contributed by atoms with Crippen molar-refractivity contribution in [2.24, 2.45) is 11.8 Å². The predicted molar refractivity (Wildman–Crippen MR) is 159 cm³/mol. The summed E-state index contributed by atoms with van der Waals surface area (Å²) in [5.74, 6) is -1.35. The molecule has 2 bridgehead atoms. The van der Waals surface area contributed by atoms with Gasteiger partial charge in [-0.1, -0.05) is 55.3 Å². The van der Waals surface area contributed by atoms with Crippen LogP contribution in [0.2, 0.25) is 0 Å². The van der Waals surface area contributed by atoms with E-state index in [0.717, 1.165) is 60.9 Å². The molecular weight excluding hydrogens is 522 g/mol. The lowest BCUT2D eigenvalue weighted by Crippen LogP contribution is -2.52. The summed E-state index contributed by atoms with van der Waals surface area (Å²) in [7, 11) is 0. The number of nitrogens with one attached hydrogen (secondary N) is 2. The molecule has 7 nitrogen and oxygen atoms in total. The Kier molecular flexibility index (Phi) is 8.30. The zero-order valence-corrected chi connectivity index (χ0v) is 24.6. The van der Waals surface area contributed by atoms with Crippen molar-refractivity contribution in [3.63, 3.8) is 0 Å². The maximum absolute atomic E-state index is 14.2. The lowest BCUT2D eigenvalue weighted by atomic mass is 9.66. The first-order chi connectivity index (χ1) is 19.2. The minimum atomic E-state index is -0.637. The van der Waals surface area contributed by atoms with Gasteiger partial charge >= 0.3 is 0 Å². The van der Waals surface area contributed by atoms with E-state index in [0.29, 0.717) is 13.1 Å². The van der Waals surface area contributed by atoms with Gasteiger partial charge in [-0.2, -0.15) is 0 Å². The molecule has 8 heteroatoms. The molecule has 3 saturated heterocycles. The van der Waals surface area contributed by atoms with Crippen molar-refractivity contribution in [1.82, 2.24) is 10.2 Å². The van der Waals surface area contributed by atoms with Gasteiger partial charge in [0.2, 0.25) is 17.7 Å². The Hall–Kier alpha value is -2.84. The van der Waals surface area contributed by atoms with E-state index in [1.165, 1.54) is 0 Å². The summed E-state index contributed by atoms with van der Waals surface area (Å²) in [5, 5.41) is 15.4. The fourth-order valence-electron chi connectivity index (χ4n) is 7.08. The zero-order valence-electron chi connectivity index (χ0n) is 23.7. The summed E-state index contributed by atoms with van der Waals surface area (Å²) in [6.45, 7) is 7.11. The minimum absolute atomic E-state index is 0.0703. The number of carbonyl (C=O) groups is 3. The number of hydrogen-bond donors (Lipinski definition) is 3. The van der Waals surface area contributed by atoms with E-state index < -0.39 is 27.4 Å². The fraction of sp³-hybridized carbons (Fsp3) is 0.531. The largest absolute Gasteiger partial charge is 0.396 e. The number of likely N-dealkylation sites (tertiary alicyclic amines) is 1. The van der Waals surface area contributed by atoms with Crippen LogP contribution >= 0.6 is 11.8 Å². The number of benzene rings is 2. The minimum Gasteiger partial charge on any atom is -0.396 e. The number of unbranched alkanes of at least 4 members (excludes halogenated alkanes) is 3. The standard InChI is InChI=1S/C32H41N3O4S/c1-21-13-14-22(2)24(19-21)34-29(38)27-32-16-15-31(3,40-32)25(28(37)33-20-23-11-7-6-8-12-23)26(32)30(39)35(27)17-9-4-5-10-18-36/h6-8,11-14,19,25-27,36H,4-5,9-10,15-18,20H2,1-3H3,(H,33,37)(H,34,38)/t25-,26+,27?,31+,32?/m1/s1. The number of thioether (sulfide) groups is 1. The van der Waals surface area contributed by atoms with E-state index in [1.54, 1.807) is 16.7 Å². The third-order valence-electron chi connectivity index (χ3n) is 9.08. The lowest BCUT2D eigenvalue weighted by Gasteiger charge is -2.35. The number of fused-ring (bicyclic) bond motifs is 1. The van der Waals surface area contributed by atoms with Crippen LogP contribution in [0.25, 0.3) is 0 Å². The zero-order chi connectivity index (χ0) is 28.5. The maximum atomic E-state index is 14.2. The van der Waals surface area contributed by atoms with Crippen molar-refractivity contribution >= 4 is 35.2 Å². The van der Waals surface area contributed by atoms with Crippen molar-refractivity contribution in [3.8, 4) is 0 Å². The Morgan fingerprint density at radius 3 is 2.52 bits per heavy atom. The summed E-state index contributed by atoms with van der Waals surface area (Å²) in [4.78, 5) is 43.9. The van der Waals surface area contributed by atoms with E-state index >= 15 is 0 Å². The van der Waals surface area contributed by atoms with Crippen molar-refractivity contribution in [1.29, 1.82) is 0 Å². The molecule has 0 saturated carbocycles. The molecule has 2 unspecified atom stereocenters. The van der Waals surface area contributed by atoms with Gasteiger partial charge in [-0.05, 0) is 69.2 Å². The van der Waals surface area contributed by atoms with E-state index in [9.17, 15) is 14.4 Å². The molecule has 3 aliphatic heterocycles. The highest BCUT2D eigenvalue weighted by Gasteiger charge is 2.77. The topological polar surface area (TPSA) is 98.7 Å². The van der Waals surface area contributed by atoms with Crippen molar-refractivity contribution < 1.29 is 19.5 Å². The molecule has 5 rings (SSSR count). The molecule has 1 spiro atoms. The van der Waals surface area contributed by atoms with Crippen LogP contribution in [-0.4, -0.2) is 56.4 Å². The molecule has 3 amide bonds. The smallest absolute Gasteiger partial charge is 0.248 e. The van der Waals surface area contributed by atoms with E-state index in [-0.39, 0.29) is 24.3 Å². The van der Waals surface area contributed by atoms with Crippen LogP contribution in [0.4, 0.5) is 5.69 Å². The second-order valence-electron chi connectivity index (χ2n) is 11.9. The summed E-state index contributed by atoms with van der Waals surface area (Å²) in [5.41, 5.74) is 3.81. The fourth-order valence-corrected chi connectivity index (χ4v) is 9.44. The Balaban J connectivity index is 1.43. The molecule has 2 aromatic carbocycles. The van der Waals surface area contributed by atoms with Crippen molar-refractivity contribution in [3.05, 3.63) is 65.2 Å². The Bertz CT molecular complexity index is 1270. The van der Waals surface area contributed by atoms with Crippen LogP contribution in [-0.2, 0) is 20.9 Å². The van der Waals surface area contributed by atoms with Crippen LogP contribution in [0.5, 0.6) is 0 Å². The quantitative estimate of drug-likeness (QED) is 0.348. The van der Waals surface area contributed by atoms with E-state index in [2.05, 4.69) is 17.6 Å². The molecule has 0 radical (unpaired) electrons. The Morgan fingerprint density at radius 2 is 1.77 bits per heavy atom. The second kappa shape index (κ2) is 11.6. The Morgan fingerprint density at radius 1 is 1.02 bits per heavy atom. The van der Waals surface area contributed by atoms with Gasteiger partial charge in [-0.25, -0.2) is 0 Å². The first-order valence-corrected chi connectivity index (χ1v) is 15.3. The maximum Gasteiger partial charge on any atom is 0.248 e. The molecule has 0 aliphatic carbocycles. The molecule has 3 fully saturated rings. The number of carbonyl (C=O) groups excluding carboxylic acids is 3. The van der Waals surface area contributed by atoms with Crippen LogP contribution < -0.4 is 10.6 Å². The summed E-state index contributed by atoms with van der Waals surface area (Å²) >= 11 is 1.70. The second-order valence-corrected chi connectivity index (χ2v) is 13.8. The number of aliphatic hydroxyl groups excluding tert-OH is 1. The van der Waals surface area contributed by atoms with E-state index in [4.69, 9.17) is 5.11 Å². The molecule has 0 aromatic heterocycles. The van der Waals surface area contributed by atoms with E-state index in [1.807, 2.05) is 62.4 Å². The van der Waals surface area contributed by atoms with Gasteiger partial charge < -0.3 is 20.6 Å². The number of hydrogen-bond acceptors (Lipinski definition) is 5. The first-order valence-electron chi connectivity index (χ1n) is 14.5. The summed E-state index contributed by atoms with van der Waals surface area (Å²) < 4.78 is -1.03. The molecule has 40 heavy (non-hydrogen) atoms. The molecule has 3 heterocycles. The third-order valence-corrected chi connectivity index (χ3v) is 11.1. The van der Waals surface area contributed by atoms with Gasteiger partial charge in [0.05, 0.1) is 16.6 Å². The average molecular weight is 564 g/mol. The first kappa shape index (κ1) is 28.7. The van der Waals surface area contributed by atoms with Gasteiger partial charge in [-0.3, -0.25) is 14.4 Å². The number of aliphatic hydroxyl groups is 1. The highest BCUT2D eigenvalue weighted by Crippen LogP contribution is 2.71. The average Bonchev–Trinajstić information content (AvgIpc) is 3.50. The van der Waals surface area contributed by atoms with Crippen LogP contribution in [0.15, 0.2) is 48.5 Å².